The van der Waals surface area contributed by atoms with Crippen molar-refractivity contribution in [2.24, 2.45) is 16.8 Å². The molecule has 0 aromatic rings. The minimum absolute atomic E-state index is 0.0750. The molecule has 0 radical (unpaired) electrons. The van der Waals surface area contributed by atoms with Crippen LogP contribution in [0.25, 0.3) is 0 Å². The van der Waals surface area contributed by atoms with Gasteiger partial charge < -0.3 is 21.0 Å². The Morgan fingerprint density at radius 3 is 2.56 bits per heavy atom. The summed E-state index contributed by atoms with van der Waals surface area (Å²) in [7, 11) is 1.48. The van der Waals surface area contributed by atoms with Crippen molar-refractivity contribution in [2.75, 3.05) is 7.11 Å². The van der Waals surface area contributed by atoms with Crippen LogP contribution in [0.5, 0.6) is 0 Å². The van der Waals surface area contributed by atoms with E-state index in [1.165, 1.54) is 7.11 Å². The molecule has 1 amide bonds. The normalized spacial score (nSPS) is 30.8. The number of nitrogens with two attached hydrogens (primary N) is 1. The third kappa shape index (κ3) is 3.13. The smallest absolute Gasteiger partial charge is 0.249 e. The van der Waals surface area contributed by atoms with Crippen LogP contribution in [0.1, 0.15) is 39.5 Å². The molecule has 1 atom stereocenters. The molecule has 1 aliphatic carbocycles. The van der Waals surface area contributed by atoms with Crippen molar-refractivity contribution < 1.29 is 14.7 Å². The first-order valence-electron chi connectivity index (χ1n) is 6.28. The zero-order valence-electron chi connectivity index (χ0n) is 11.3. The van der Waals surface area contributed by atoms with E-state index in [4.69, 9.17) is 15.7 Å². The summed E-state index contributed by atoms with van der Waals surface area (Å²) in [6, 6.07) is 0. The number of nitrogens with zero attached hydrogens (tertiary/aromatic N) is 1. The minimum atomic E-state index is -0.731. The molecule has 0 heterocycles. The van der Waals surface area contributed by atoms with Crippen LogP contribution in [0.15, 0.2) is 5.16 Å². The molecule has 6 heteroatoms. The molecule has 1 fully saturated rings. The summed E-state index contributed by atoms with van der Waals surface area (Å²) >= 11 is 0. The van der Waals surface area contributed by atoms with Gasteiger partial charge in [-0.2, -0.15) is 0 Å². The van der Waals surface area contributed by atoms with Crippen LogP contribution < -0.4 is 11.1 Å². The van der Waals surface area contributed by atoms with Gasteiger partial charge in [0.1, 0.15) is 11.6 Å². The molecule has 18 heavy (non-hydrogen) atoms. The third-order valence-corrected chi connectivity index (χ3v) is 3.81. The topological polar surface area (TPSA) is 96.9 Å². The summed E-state index contributed by atoms with van der Waals surface area (Å²) in [6.45, 7) is 3.83. The number of rotatable bonds is 4. The first-order valence-corrected chi connectivity index (χ1v) is 6.28. The van der Waals surface area contributed by atoms with E-state index < -0.39 is 11.6 Å². The molecule has 0 aliphatic heterocycles. The van der Waals surface area contributed by atoms with Gasteiger partial charge in [-0.3, -0.25) is 4.79 Å². The van der Waals surface area contributed by atoms with Crippen molar-refractivity contribution in [1.29, 1.82) is 0 Å². The first kappa shape index (κ1) is 14.8. The maximum absolute atomic E-state index is 11.9. The van der Waals surface area contributed by atoms with E-state index in [9.17, 15) is 4.79 Å². The number of oxime groups is 1. The summed E-state index contributed by atoms with van der Waals surface area (Å²) in [4.78, 5) is 11.9. The zero-order valence-corrected chi connectivity index (χ0v) is 11.3. The van der Waals surface area contributed by atoms with Gasteiger partial charge >= 0.3 is 0 Å². The van der Waals surface area contributed by atoms with Gasteiger partial charge in [-0.25, -0.2) is 0 Å². The van der Waals surface area contributed by atoms with E-state index in [-0.39, 0.29) is 11.7 Å². The quantitative estimate of drug-likeness (QED) is 0.301. The Morgan fingerprint density at radius 2 is 2.11 bits per heavy atom. The lowest BCUT2D eigenvalue weighted by molar-refractivity contribution is -0.131. The number of hydrogen-bond donors (Lipinski definition) is 3. The fourth-order valence-corrected chi connectivity index (χ4v) is 2.24. The number of carbonyl (C=O) groups is 1. The van der Waals surface area contributed by atoms with Gasteiger partial charge in [0.2, 0.25) is 5.91 Å². The Balaban J connectivity index is 2.83. The standard InChI is InChI=1S/C12H23N3O3/c1-8-4-6-12(7-5-8,11(13)15-17)14-10(16)9(2)18-3/h8-9,17H,4-7H2,1-3H3,(H2,13,15)(H,14,16). The fourth-order valence-electron chi connectivity index (χ4n) is 2.24. The van der Waals surface area contributed by atoms with Crippen molar-refractivity contribution >= 4 is 11.7 Å². The highest BCUT2D eigenvalue weighted by molar-refractivity contribution is 5.94. The maximum atomic E-state index is 11.9. The van der Waals surface area contributed by atoms with E-state index >= 15 is 0 Å². The molecule has 4 N–H and O–H groups in total. The highest BCUT2D eigenvalue weighted by Crippen LogP contribution is 2.32. The Labute approximate surface area is 108 Å². The molecule has 0 bridgehead atoms. The highest BCUT2D eigenvalue weighted by atomic mass is 16.5. The predicted molar refractivity (Wildman–Crippen MR) is 68.4 cm³/mol. The predicted octanol–water partition coefficient (Wildman–Crippen LogP) is 0.833. The van der Waals surface area contributed by atoms with Gasteiger partial charge in [0.05, 0.1) is 0 Å². The van der Waals surface area contributed by atoms with E-state index in [1.54, 1.807) is 6.92 Å². The fraction of sp³-hybridized carbons (Fsp3) is 0.833. The molecular formula is C12H23N3O3. The molecule has 0 saturated heterocycles. The molecule has 0 aromatic carbocycles. The number of nitrogens with one attached hydrogen (secondary N) is 1. The summed E-state index contributed by atoms with van der Waals surface area (Å²) in [6.07, 6.45) is 2.71. The van der Waals surface area contributed by atoms with E-state index in [1.807, 2.05) is 0 Å². The number of hydrogen-bond acceptors (Lipinski definition) is 4. The largest absolute Gasteiger partial charge is 0.409 e. The van der Waals surface area contributed by atoms with Gasteiger partial charge in [-0.1, -0.05) is 12.1 Å². The van der Waals surface area contributed by atoms with Gasteiger partial charge in [-0.05, 0) is 38.5 Å². The number of ether oxygens (including phenoxy) is 1. The Hall–Kier alpha value is -1.30. The van der Waals surface area contributed by atoms with Crippen LogP contribution in [0.4, 0.5) is 0 Å². The average Bonchev–Trinajstić information content (AvgIpc) is 2.39. The number of amides is 1. The van der Waals surface area contributed by atoms with Crippen LogP contribution in [0.2, 0.25) is 0 Å². The first-order chi connectivity index (χ1) is 8.45. The molecule has 1 rings (SSSR count). The van der Waals surface area contributed by atoms with Gasteiger partial charge in [0.15, 0.2) is 5.84 Å². The summed E-state index contributed by atoms with van der Waals surface area (Å²) in [5.74, 6) is 0.436. The van der Waals surface area contributed by atoms with Crippen LogP contribution >= 0.6 is 0 Å². The van der Waals surface area contributed by atoms with Gasteiger partial charge in [0, 0.05) is 7.11 Å². The van der Waals surface area contributed by atoms with Crippen LogP contribution in [0, 0.1) is 5.92 Å². The maximum Gasteiger partial charge on any atom is 0.249 e. The minimum Gasteiger partial charge on any atom is -0.409 e. The van der Waals surface area contributed by atoms with E-state index in [0.29, 0.717) is 18.8 Å². The second kappa shape index (κ2) is 6.04. The molecule has 1 unspecified atom stereocenters. The van der Waals surface area contributed by atoms with Gasteiger partial charge in [-0.15, -0.1) is 0 Å². The Bertz CT molecular complexity index is 323. The summed E-state index contributed by atoms with van der Waals surface area (Å²) in [5, 5.41) is 14.9. The van der Waals surface area contributed by atoms with Crippen LogP contribution in [0.3, 0.4) is 0 Å². The number of carbonyl (C=O) groups excluding carboxylic acids is 1. The molecule has 1 saturated carbocycles. The molecule has 104 valence electrons. The zero-order chi connectivity index (χ0) is 13.8. The average molecular weight is 257 g/mol. The van der Waals surface area contributed by atoms with Crippen molar-refractivity contribution in [1.82, 2.24) is 5.32 Å². The molecule has 0 aromatic heterocycles. The third-order valence-electron chi connectivity index (χ3n) is 3.81. The molecule has 1 aliphatic rings. The van der Waals surface area contributed by atoms with Crippen molar-refractivity contribution in [3.63, 3.8) is 0 Å². The second-order valence-electron chi connectivity index (χ2n) is 5.12. The SMILES string of the molecule is COC(C)C(=O)NC1(C(N)=NO)CCC(C)CC1. The Morgan fingerprint density at radius 1 is 1.56 bits per heavy atom. The van der Waals surface area contributed by atoms with E-state index in [0.717, 1.165) is 12.8 Å². The van der Waals surface area contributed by atoms with E-state index in [2.05, 4.69) is 17.4 Å². The lowest BCUT2D eigenvalue weighted by atomic mass is 9.76. The van der Waals surface area contributed by atoms with Gasteiger partial charge in [0.25, 0.3) is 0 Å². The van der Waals surface area contributed by atoms with Crippen LogP contribution in [-0.2, 0) is 9.53 Å². The number of methoxy groups -OCH3 is 1. The van der Waals surface area contributed by atoms with Crippen LogP contribution in [-0.4, -0.2) is 35.7 Å². The number of amidine groups is 1. The highest BCUT2D eigenvalue weighted by Gasteiger charge is 2.40. The second-order valence-corrected chi connectivity index (χ2v) is 5.12. The lowest BCUT2D eigenvalue weighted by Crippen LogP contribution is -2.60. The van der Waals surface area contributed by atoms with Crippen molar-refractivity contribution in [3.8, 4) is 0 Å². The van der Waals surface area contributed by atoms with Crippen molar-refractivity contribution in [2.45, 2.75) is 51.2 Å². The molecular weight excluding hydrogens is 234 g/mol. The monoisotopic (exact) mass is 257 g/mol. The lowest BCUT2D eigenvalue weighted by Gasteiger charge is -2.39. The molecule has 6 nitrogen and oxygen atoms in total. The summed E-state index contributed by atoms with van der Waals surface area (Å²) in [5.41, 5.74) is 5.03. The molecule has 0 spiro atoms. The Kier molecular flexibility index (Phi) is 4.95. The van der Waals surface area contributed by atoms with Crippen molar-refractivity contribution in [3.05, 3.63) is 0 Å². The summed E-state index contributed by atoms with van der Waals surface area (Å²) < 4.78 is 4.98.